The average Bonchev–Trinajstić information content (AvgIpc) is 2.53. The summed E-state index contributed by atoms with van der Waals surface area (Å²) in [5.41, 5.74) is -0.775. The molecule has 1 heterocycles. The Balaban J connectivity index is 2.05. The van der Waals surface area contributed by atoms with Crippen molar-refractivity contribution >= 4 is 5.97 Å². The zero-order valence-electron chi connectivity index (χ0n) is 13.2. The molecule has 120 valence electrons. The molecule has 0 N–H and O–H groups in total. The lowest BCUT2D eigenvalue weighted by atomic mass is 10.0. The Morgan fingerprint density at radius 2 is 1.95 bits per heavy atom. The fourth-order valence-corrected chi connectivity index (χ4v) is 1.99. The summed E-state index contributed by atoms with van der Waals surface area (Å²) >= 11 is 0. The maximum Gasteiger partial charge on any atom is 0.345 e. The van der Waals surface area contributed by atoms with Crippen LogP contribution in [0, 0.1) is 0 Å². The van der Waals surface area contributed by atoms with E-state index in [4.69, 9.17) is 18.9 Å². The van der Waals surface area contributed by atoms with E-state index in [0.717, 1.165) is 5.56 Å². The van der Waals surface area contributed by atoms with Crippen molar-refractivity contribution in [2.24, 2.45) is 0 Å². The van der Waals surface area contributed by atoms with Crippen molar-refractivity contribution in [2.45, 2.75) is 31.7 Å². The van der Waals surface area contributed by atoms with Crippen LogP contribution >= 0.6 is 0 Å². The maximum absolute atomic E-state index is 12.5. The number of esters is 1. The third-order valence-electron chi connectivity index (χ3n) is 3.39. The molecule has 0 spiro atoms. The summed E-state index contributed by atoms with van der Waals surface area (Å²) in [7, 11) is 1.51. The van der Waals surface area contributed by atoms with Crippen LogP contribution in [0.5, 0.6) is 0 Å². The topological polar surface area (TPSA) is 54.0 Å². The van der Waals surface area contributed by atoms with E-state index in [1.165, 1.54) is 19.4 Å². The number of hydrogen-bond acceptors (Lipinski definition) is 5. The predicted octanol–water partition coefficient (Wildman–Crippen LogP) is 2.45. The molecule has 1 aromatic rings. The third-order valence-corrected chi connectivity index (χ3v) is 3.39. The molecule has 0 radical (unpaired) electrons. The van der Waals surface area contributed by atoms with Crippen LogP contribution in [0.25, 0.3) is 0 Å². The fourth-order valence-electron chi connectivity index (χ4n) is 1.99. The van der Waals surface area contributed by atoms with Crippen LogP contribution in [-0.2, 0) is 30.3 Å². The standard InChI is InChI=1S/C17H22O5/c1-16(2)12-22-17(13-21-16,9-10-19-3)15(18)20-11-14-7-5-4-6-8-14/h4-10H,11-13H2,1-3H3/b10-9+. The second-order valence-electron chi connectivity index (χ2n) is 5.83. The number of carbonyl (C=O) groups is 1. The molecule has 1 fully saturated rings. The first kappa shape index (κ1) is 16.5. The highest BCUT2D eigenvalue weighted by molar-refractivity contribution is 5.82. The van der Waals surface area contributed by atoms with Gasteiger partial charge in [-0.05, 0) is 25.5 Å². The fraction of sp³-hybridized carbons (Fsp3) is 0.471. The number of carbonyl (C=O) groups excluding carboxylic acids is 1. The summed E-state index contributed by atoms with van der Waals surface area (Å²) in [6.45, 7) is 4.39. The van der Waals surface area contributed by atoms with Gasteiger partial charge in [-0.2, -0.15) is 0 Å². The Morgan fingerprint density at radius 3 is 2.55 bits per heavy atom. The molecule has 0 saturated carbocycles. The van der Waals surface area contributed by atoms with Crippen molar-refractivity contribution in [2.75, 3.05) is 20.3 Å². The smallest absolute Gasteiger partial charge is 0.345 e. The van der Waals surface area contributed by atoms with Crippen molar-refractivity contribution in [1.82, 2.24) is 0 Å². The van der Waals surface area contributed by atoms with Crippen molar-refractivity contribution < 1.29 is 23.7 Å². The molecule has 1 aliphatic heterocycles. The molecule has 1 aromatic carbocycles. The van der Waals surface area contributed by atoms with Crippen LogP contribution in [-0.4, -0.2) is 37.5 Å². The van der Waals surface area contributed by atoms with Crippen LogP contribution in [0.3, 0.4) is 0 Å². The van der Waals surface area contributed by atoms with Gasteiger partial charge in [-0.3, -0.25) is 0 Å². The van der Waals surface area contributed by atoms with Gasteiger partial charge in [0, 0.05) is 0 Å². The van der Waals surface area contributed by atoms with Gasteiger partial charge >= 0.3 is 5.97 Å². The third kappa shape index (κ3) is 4.08. The van der Waals surface area contributed by atoms with E-state index in [0.29, 0.717) is 6.61 Å². The van der Waals surface area contributed by atoms with E-state index >= 15 is 0 Å². The Morgan fingerprint density at radius 1 is 1.23 bits per heavy atom. The highest BCUT2D eigenvalue weighted by atomic mass is 16.6. The number of methoxy groups -OCH3 is 1. The molecule has 0 aliphatic carbocycles. The lowest BCUT2D eigenvalue weighted by Crippen LogP contribution is -2.54. The molecule has 1 aliphatic rings. The van der Waals surface area contributed by atoms with Crippen molar-refractivity contribution in [3.63, 3.8) is 0 Å². The van der Waals surface area contributed by atoms with E-state index in [1.54, 1.807) is 0 Å². The van der Waals surface area contributed by atoms with E-state index in [9.17, 15) is 4.79 Å². The number of hydrogen-bond donors (Lipinski definition) is 0. The van der Waals surface area contributed by atoms with Gasteiger partial charge in [-0.1, -0.05) is 30.3 Å². The first-order valence-electron chi connectivity index (χ1n) is 7.17. The molecular formula is C17H22O5. The minimum atomic E-state index is -1.26. The van der Waals surface area contributed by atoms with Crippen LogP contribution in [0.15, 0.2) is 42.7 Å². The van der Waals surface area contributed by atoms with Crippen LogP contribution < -0.4 is 0 Å². The van der Waals surface area contributed by atoms with Gasteiger partial charge in [0.1, 0.15) is 6.61 Å². The normalized spacial score (nSPS) is 24.1. The zero-order chi connectivity index (χ0) is 16.1. The minimum absolute atomic E-state index is 0.0908. The van der Waals surface area contributed by atoms with Crippen LogP contribution in [0.4, 0.5) is 0 Å². The lowest BCUT2D eigenvalue weighted by Gasteiger charge is -2.40. The van der Waals surface area contributed by atoms with Gasteiger partial charge in [0.15, 0.2) is 0 Å². The molecule has 1 atom stereocenters. The Kier molecular flexibility index (Phi) is 5.21. The largest absolute Gasteiger partial charge is 0.505 e. The van der Waals surface area contributed by atoms with Gasteiger partial charge < -0.3 is 18.9 Å². The number of ether oxygens (including phenoxy) is 4. The predicted molar refractivity (Wildman–Crippen MR) is 81.1 cm³/mol. The van der Waals surface area contributed by atoms with Crippen LogP contribution in [0.2, 0.25) is 0 Å². The zero-order valence-corrected chi connectivity index (χ0v) is 13.2. The SMILES string of the molecule is CO/C=C/C1(C(=O)OCc2ccccc2)COC(C)(C)CO1. The minimum Gasteiger partial charge on any atom is -0.505 e. The first-order chi connectivity index (χ1) is 10.5. The maximum atomic E-state index is 12.5. The van der Waals surface area contributed by atoms with Crippen molar-refractivity contribution in [3.05, 3.63) is 48.2 Å². The number of rotatable bonds is 5. The van der Waals surface area contributed by atoms with Gasteiger partial charge in [-0.15, -0.1) is 0 Å². The molecule has 1 saturated heterocycles. The van der Waals surface area contributed by atoms with Crippen molar-refractivity contribution in [1.29, 1.82) is 0 Å². The van der Waals surface area contributed by atoms with Gasteiger partial charge in [0.2, 0.25) is 5.60 Å². The monoisotopic (exact) mass is 306 g/mol. The Hall–Kier alpha value is -1.85. The van der Waals surface area contributed by atoms with E-state index < -0.39 is 17.2 Å². The highest BCUT2D eigenvalue weighted by Crippen LogP contribution is 2.28. The van der Waals surface area contributed by atoms with E-state index in [-0.39, 0.29) is 13.2 Å². The summed E-state index contributed by atoms with van der Waals surface area (Å²) in [5.74, 6) is -0.486. The molecule has 0 aromatic heterocycles. The summed E-state index contributed by atoms with van der Waals surface area (Å²) in [6.07, 6.45) is 2.95. The first-order valence-corrected chi connectivity index (χ1v) is 7.17. The molecule has 5 nitrogen and oxygen atoms in total. The number of benzene rings is 1. The second-order valence-corrected chi connectivity index (χ2v) is 5.83. The molecular weight excluding hydrogens is 284 g/mol. The Labute approximate surface area is 130 Å². The van der Waals surface area contributed by atoms with Crippen LogP contribution in [0.1, 0.15) is 19.4 Å². The van der Waals surface area contributed by atoms with Gasteiger partial charge in [-0.25, -0.2) is 4.79 Å². The second kappa shape index (κ2) is 6.94. The summed E-state index contributed by atoms with van der Waals surface area (Å²) in [4.78, 5) is 12.5. The van der Waals surface area contributed by atoms with Gasteiger partial charge in [0.05, 0.1) is 32.2 Å². The quantitative estimate of drug-likeness (QED) is 0.618. The summed E-state index contributed by atoms with van der Waals surface area (Å²) in [6, 6.07) is 9.49. The molecule has 1 unspecified atom stereocenters. The summed E-state index contributed by atoms with van der Waals surface area (Å²) < 4.78 is 21.8. The molecule has 5 heteroatoms. The molecule has 0 bridgehead atoms. The van der Waals surface area contributed by atoms with Gasteiger partial charge in [0.25, 0.3) is 0 Å². The molecule has 22 heavy (non-hydrogen) atoms. The summed E-state index contributed by atoms with van der Waals surface area (Å²) in [5, 5.41) is 0. The lowest BCUT2D eigenvalue weighted by molar-refractivity contribution is -0.221. The highest BCUT2D eigenvalue weighted by Gasteiger charge is 2.46. The Bertz CT molecular complexity index is 511. The average molecular weight is 306 g/mol. The van der Waals surface area contributed by atoms with E-state index in [2.05, 4.69) is 0 Å². The molecule has 2 rings (SSSR count). The van der Waals surface area contributed by atoms with Crippen molar-refractivity contribution in [3.8, 4) is 0 Å². The van der Waals surface area contributed by atoms with E-state index in [1.807, 2.05) is 44.2 Å². The molecule has 0 amide bonds.